The fourth-order valence-corrected chi connectivity index (χ4v) is 2.28. The fourth-order valence-electron chi connectivity index (χ4n) is 2.28. The van der Waals surface area contributed by atoms with Gasteiger partial charge in [0.05, 0.1) is 19.3 Å². The summed E-state index contributed by atoms with van der Waals surface area (Å²) in [6.07, 6.45) is 1.69. The first-order valence-corrected chi connectivity index (χ1v) is 7.61. The largest absolute Gasteiger partial charge is 0.390 e. The number of rotatable bonds is 5. The van der Waals surface area contributed by atoms with E-state index >= 15 is 0 Å². The summed E-state index contributed by atoms with van der Waals surface area (Å²) in [6.45, 7) is 2.41. The third kappa shape index (κ3) is 3.85. The first-order chi connectivity index (χ1) is 11.6. The number of nitrogens with zero attached hydrogens (tertiary/aromatic N) is 3. The number of benzene rings is 2. The normalized spacial score (nSPS) is 10.6. The van der Waals surface area contributed by atoms with E-state index in [2.05, 4.69) is 15.6 Å². The average Bonchev–Trinajstić information content (AvgIpc) is 3.05. The molecule has 2 aromatic carbocycles. The molecular weight excluding hydrogens is 304 g/mol. The molecule has 1 heterocycles. The van der Waals surface area contributed by atoms with Crippen molar-refractivity contribution in [2.45, 2.75) is 20.1 Å². The number of hydrogen-bond acceptors (Lipinski definition) is 4. The van der Waals surface area contributed by atoms with Gasteiger partial charge < -0.3 is 10.4 Å². The lowest BCUT2D eigenvalue weighted by Crippen LogP contribution is -2.12. The fraction of sp³-hybridized carbons (Fsp3) is 0.167. The maximum atomic E-state index is 12.2. The van der Waals surface area contributed by atoms with Crippen molar-refractivity contribution in [3.8, 4) is 0 Å². The molecule has 1 amide bonds. The molecule has 0 aliphatic rings. The molecule has 0 atom stereocenters. The third-order valence-corrected chi connectivity index (χ3v) is 3.62. The lowest BCUT2D eigenvalue weighted by Gasteiger charge is -2.07. The van der Waals surface area contributed by atoms with Gasteiger partial charge in [0.15, 0.2) is 0 Å². The number of carbonyl (C=O) groups is 1. The Morgan fingerprint density at radius 1 is 1.12 bits per heavy atom. The molecule has 6 nitrogen and oxygen atoms in total. The Balaban J connectivity index is 1.64. The lowest BCUT2D eigenvalue weighted by molar-refractivity contribution is 0.102. The average molecular weight is 322 g/mol. The van der Waals surface area contributed by atoms with Gasteiger partial charge in [-0.1, -0.05) is 35.0 Å². The molecule has 3 rings (SSSR count). The number of nitrogens with one attached hydrogen (secondary N) is 1. The Bertz CT molecular complexity index is 823. The van der Waals surface area contributed by atoms with Crippen LogP contribution >= 0.6 is 0 Å². The summed E-state index contributed by atoms with van der Waals surface area (Å²) < 4.78 is 1.65. The van der Waals surface area contributed by atoms with Crippen LogP contribution in [0.15, 0.2) is 54.7 Å². The highest BCUT2D eigenvalue weighted by Gasteiger charge is 2.07. The highest BCUT2D eigenvalue weighted by molar-refractivity contribution is 6.04. The molecule has 3 aromatic rings. The van der Waals surface area contributed by atoms with Crippen LogP contribution in [-0.2, 0) is 13.2 Å². The topological polar surface area (TPSA) is 80.0 Å². The molecule has 0 saturated heterocycles. The highest BCUT2D eigenvalue weighted by Crippen LogP contribution is 2.12. The zero-order valence-electron chi connectivity index (χ0n) is 13.3. The van der Waals surface area contributed by atoms with Gasteiger partial charge in [-0.2, -0.15) is 0 Å². The molecule has 0 fully saturated rings. The number of aliphatic hydroxyl groups is 1. The number of amides is 1. The smallest absolute Gasteiger partial charge is 0.255 e. The molecule has 0 spiro atoms. The van der Waals surface area contributed by atoms with Gasteiger partial charge in [-0.3, -0.25) is 4.79 Å². The molecule has 0 aliphatic carbocycles. The SMILES string of the molecule is Cc1ccc(NC(=O)c2ccc(Cn3cc(CO)nn3)cc2)cc1. The molecule has 24 heavy (non-hydrogen) atoms. The van der Waals surface area contributed by atoms with Gasteiger partial charge in [0, 0.05) is 11.3 Å². The van der Waals surface area contributed by atoms with Crippen molar-refractivity contribution < 1.29 is 9.90 Å². The minimum absolute atomic E-state index is 0.127. The van der Waals surface area contributed by atoms with E-state index in [1.165, 1.54) is 0 Å². The second kappa shape index (κ2) is 7.06. The Morgan fingerprint density at radius 3 is 2.46 bits per heavy atom. The molecule has 0 bridgehead atoms. The minimum atomic E-state index is -0.145. The van der Waals surface area contributed by atoms with Gasteiger partial charge in [-0.25, -0.2) is 4.68 Å². The van der Waals surface area contributed by atoms with Crippen LogP contribution in [-0.4, -0.2) is 26.0 Å². The minimum Gasteiger partial charge on any atom is -0.390 e. The quantitative estimate of drug-likeness (QED) is 0.756. The molecule has 0 unspecified atom stereocenters. The van der Waals surface area contributed by atoms with Gasteiger partial charge in [0.1, 0.15) is 5.69 Å². The maximum absolute atomic E-state index is 12.2. The summed E-state index contributed by atoms with van der Waals surface area (Å²) in [5.74, 6) is -0.145. The Kier molecular flexibility index (Phi) is 4.67. The molecule has 6 heteroatoms. The molecule has 2 N–H and O–H groups in total. The molecule has 122 valence electrons. The van der Waals surface area contributed by atoms with E-state index < -0.39 is 0 Å². The van der Waals surface area contributed by atoms with Gasteiger partial charge in [0.25, 0.3) is 5.91 Å². The summed E-state index contributed by atoms with van der Waals surface area (Å²) in [4.78, 5) is 12.2. The second-order valence-corrected chi connectivity index (χ2v) is 5.58. The molecule has 0 radical (unpaired) electrons. The first-order valence-electron chi connectivity index (χ1n) is 7.61. The second-order valence-electron chi connectivity index (χ2n) is 5.58. The van der Waals surface area contributed by atoms with Gasteiger partial charge in [-0.15, -0.1) is 5.10 Å². The van der Waals surface area contributed by atoms with Gasteiger partial charge >= 0.3 is 0 Å². The molecular formula is C18H18N4O2. The van der Waals surface area contributed by atoms with Crippen molar-refractivity contribution in [3.05, 3.63) is 77.1 Å². The van der Waals surface area contributed by atoms with E-state index in [0.29, 0.717) is 17.8 Å². The molecule has 0 saturated carbocycles. The van der Waals surface area contributed by atoms with Crippen LogP contribution in [0.4, 0.5) is 5.69 Å². The monoisotopic (exact) mass is 322 g/mol. The predicted octanol–water partition coefficient (Wildman–Crippen LogP) is 2.38. The van der Waals surface area contributed by atoms with Crippen LogP contribution in [0, 0.1) is 6.92 Å². The van der Waals surface area contributed by atoms with Crippen LogP contribution in [0.5, 0.6) is 0 Å². The number of aliphatic hydroxyl groups excluding tert-OH is 1. The number of anilines is 1. The van der Waals surface area contributed by atoms with Crippen LogP contribution in [0.1, 0.15) is 27.2 Å². The highest BCUT2D eigenvalue weighted by atomic mass is 16.3. The standard InChI is InChI=1S/C18H18N4O2/c1-13-2-8-16(9-3-13)19-18(24)15-6-4-14(5-7-15)10-22-11-17(12-23)20-21-22/h2-9,11,23H,10,12H2,1H3,(H,19,24). The van der Waals surface area contributed by atoms with Crippen molar-refractivity contribution >= 4 is 11.6 Å². The number of carbonyl (C=O) groups excluding carboxylic acids is 1. The zero-order valence-corrected chi connectivity index (χ0v) is 13.3. The van der Waals surface area contributed by atoms with Crippen LogP contribution in [0.3, 0.4) is 0 Å². The number of hydrogen-bond donors (Lipinski definition) is 2. The summed E-state index contributed by atoms with van der Waals surface area (Å²) in [7, 11) is 0. The van der Waals surface area contributed by atoms with E-state index in [9.17, 15) is 4.79 Å². The van der Waals surface area contributed by atoms with Crippen molar-refractivity contribution in [1.82, 2.24) is 15.0 Å². The van der Waals surface area contributed by atoms with Gasteiger partial charge in [-0.05, 0) is 36.8 Å². The number of aryl methyl sites for hydroxylation is 1. The summed E-state index contributed by atoms with van der Waals surface area (Å²) in [5.41, 5.74) is 4.04. The summed E-state index contributed by atoms with van der Waals surface area (Å²) in [6, 6.07) is 15.0. The van der Waals surface area contributed by atoms with E-state index in [1.54, 1.807) is 23.0 Å². The van der Waals surface area contributed by atoms with Crippen molar-refractivity contribution in [2.24, 2.45) is 0 Å². The Labute approximate surface area is 139 Å². The van der Waals surface area contributed by atoms with E-state index in [4.69, 9.17) is 5.11 Å². The lowest BCUT2D eigenvalue weighted by atomic mass is 10.1. The van der Waals surface area contributed by atoms with E-state index in [0.717, 1.165) is 16.8 Å². The third-order valence-electron chi connectivity index (χ3n) is 3.62. The Hall–Kier alpha value is -2.99. The first kappa shape index (κ1) is 15.9. The summed E-state index contributed by atoms with van der Waals surface area (Å²) >= 11 is 0. The van der Waals surface area contributed by atoms with E-state index in [-0.39, 0.29) is 12.5 Å². The van der Waals surface area contributed by atoms with Gasteiger partial charge in [0.2, 0.25) is 0 Å². The maximum Gasteiger partial charge on any atom is 0.255 e. The van der Waals surface area contributed by atoms with Crippen molar-refractivity contribution in [1.29, 1.82) is 0 Å². The van der Waals surface area contributed by atoms with Crippen molar-refractivity contribution in [2.75, 3.05) is 5.32 Å². The zero-order chi connectivity index (χ0) is 16.9. The van der Waals surface area contributed by atoms with Crippen molar-refractivity contribution in [3.63, 3.8) is 0 Å². The molecule has 0 aliphatic heterocycles. The Morgan fingerprint density at radius 2 is 1.83 bits per heavy atom. The van der Waals surface area contributed by atoms with Crippen LogP contribution in [0.25, 0.3) is 0 Å². The van der Waals surface area contributed by atoms with Crippen LogP contribution in [0.2, 0.25) is 0 Å². The molecule has 1 aromatic heterocycles. The summed E-state index contributed by atoms with van der Waals surface area (Å²) in [5, 5.41) is 19.6. The number of aromatic nitrogens is 3. The van der Waals surface area contributed by atoms with Crippen LogP contribution < -0.4 is 5.32 Å². The van der Waals surface area contributed by atoms with E-state index in [1.807, 2.05) is 43.3 Å². The predicted molar refractivity (Wildman–Crippen MR) is 90.6 cm³/mol.